The van der Waals surface area contributed by atoms with Gasteiger partial charge >= 0.3 is 0 Å². The quantitative estimate of drug-likeness (QED) is 0.452. The SMILES string of the molecule is C=C(C(=O)SCC)c1nc2c(s1)C(=O)C(C(=O)c1cncnc1)CC2. The number of thioether (sulfide) groups is 1. The number of thiazole rings is 1. The molecule has 2 aromatic rings. The molecule has 1 aliphatic carbocycles. The van der Waals surface area contributed by atoms with Gasteiger partial charge in [0.25, 0.3) is 0 Å². The third-order valence-corrected chi connectivity index (χ3v) is 5.82. The molecule has 0 aromatic carbocycles. The van der Waals surface area contributed by atoms with Crippen molar-refractivity contribution in [3.8, 4) is 0 Å². The maximum Gasteiger partial charge on any atom is 0.221 e. The van der Waals surface area contributed by atoms with Crippen LogP contribution in [-0.2, 0) is 11.2 Å². The molecule has 0 amide bonds. The molecule has 25 heavy (non-hydrogen) atoms. The van der Waals surface area contributed by atoms with E-state index in [2.05, 4.69) is 21.5 Å². The fourth-order valence-electron chi connectivity index (χ4n) is 2.60. The second-order valence-corrected chi connectivity index (χ2v) is 7.68. The highest BCUT2D eigenvalue weighted by atomic mass is 32.2. The number of rotatable bonds is 5. The Morgan fingerprint density at radius 1 is 1.36 bits per heavy atom. The van der Waals surface area contributed by atoms with Gasteiger partial charge in [0, 0.05) is 12.4 Å². The average molecular weight is 373 g/mol. The molecule has 0 saturated carbocycles. The molecular weight excluding hydrogens is 358 g/mol. The molecule has 6 nitrogen and oxygen atoms in total. The lowest BCUT2D eigenvalue weighted by Gasteiger charge is -2.18. The van der Waals surface area contributed by atoms with Crippen LogP contribution in [0.1, 0.15) is 44.1 Å². The standard InChI is InChI=1S/C17H15N3O3S2/c1-3-24-17(23)9(2)16-20-12-5-4-11(14(22)15(12)25-16)13(21)10-6-18-8-19-7-10/h6-8,11H,2-5H2,1H3. The van der Waals surface area contributed by atoms with E-state index in [0.717, 1.165) is 23.1 Å². The number of carbonyl (C=O) groups is 3. The number of fused-ring (bicyclic) bond motifs is 1. The summed E-state index contributed by atoms with van der Waals surface area (Å²) in [6, 6.07) is 0. The first-order valence-electron chi connectivity index (χ1n) is 7.72. The van der Waals surface area contributed by atoms with Gasteiger partial charge in [0.15, 0.2) is 11.6 Å². The van der Waals surface area contributed by atoms with E-state index in [0.29, 0.717) is 45.3 Å². The first-order valence-corrected chi connectivity index (χ1v) is 9.52. The van der Waals surface area contributed by atoms with Gasteiger partial charge in [-0.25, -0.2) is 15.0 Å². The Labute approximate surface area is 152 Å². The Morgan fingerprint density at radius 3 is 2.76 bits per heavy atom. The maximum absolute atomic E-state index is 12.8. The zero-order valence-corrected chi connectivity index (χ0v) is 15.2. The minimum Gasteiger partial charge on any atom is -0.293 e. The van der Waals surface area contributed by atoms with Gasteiger partial charge in [-0.1, -0.05) is 25.3 Å². The van der Waals surface area contributed by atoms with Crippen LogP contribution in [-0.4, -0.2) is 37.4 Å². The van der Waals surface area contributed by atoms with Gasteiger partial charge in [-0.05, 0) is 18.6 Å². The molecule has 0 aliphatic heterocycles. The third-order valence-electron chi connectivity index (χ3n) is 3.85. The molecule has 1 unspecified atom stereocenters. The summed E-state index contributed by atoms with van der Waals surface area (Å²) in [5.41, 5.74) is 1.28. The van der Waals surface area contributed by atoms with Crippen molar-refractivity contribution in [2.75, 3.05) is 5.75 Å². The van der Waals surface area contributed by atoms with Crippen LogP contribution in [0, 0.1) is 5.92 Å². The Bertz CT molecular complexity index is 861. The third kappa shape index (κ3) is 3.45. The smallest absolute Gasteiger partial charge is 0.221 e. The van der Waals surface area contributed by atoms with Gasteiger partial charge in [-0.2, -0.15) is 0 Å². The van der Waals surface area contributed by atoms with Crippen LogP contribution >= 0.6 is 23.1 Å². The van der Waals surface area contributed by atoms with Crippen LogP contribution in [0.15, 0.2) is 25.3 Å². The van der Waals surface area contributed by atoms with Crippen molar-refractivity contribution in [2.24, 2.45) is 5.92 Å². The summed E-state index contributed by atoms with van der Waals surface area (Å²) >= 11 is 2.30. The topological polar surface area (TPSA) is 89.9 Å². The van der Waals surface area contributed by atoms with Crippen LogP contribution < -0.4 is 0 Å². The van der Waals surface area contributed by atoms with Gasteiger partial charge < -0.3 is 0 Å². The predicted octanol–water partition coefficient (Wildman–Crippen LogP) is 2.85. The molecule has 0 radical (unpaired) electrons. The molecule has 0 saturated heterocycles. The normalized spacial score (nSPS) is 16.4. The molecule has 1 atom stereocenters. The molecule has 0 bridgehead atoms. The van der Waals surface area contributed by atoms with Crippen LogP contribution in [0.2, 0.25) is 0 Å². The van der Waals surface area contributed by atoms with E-state index in [9.17, 15) is 14.4 Å². The Morgan fingerprint density at radius 2 is 2.08 bits per heavy atom. The summed E-state index contributed by atoms with van der Waals surface area (Å²) < 4.78 is 0. The molecule has 2 aromatic heterocycles. The van der Waals surface area contributed by atoms with Gasteiger partial charge in [0.2, 0.25) is 5.12 Å². The fraction of sp³-hybridized carbons (Fsp3) is 0.294. The molecule has 3 rings (SSSR count). The van der Waals surface area contributed by atoms with E-state index < -0.39 is 5.92 Å². The van der Waals surface area contributed by atoms with Gasteiger partial charge in [-0.15, -0.1) is 11.3 Å². The minimum atomic E-state index is -0.749. The average Bonchev–Trinajstić information content (AvgIpc) is 3.07. The second kappa shape index (κ2) is 7.37. The van der Waals surface area contributed by atoms with Crippen molar-refractivity contribution < 1.29 is 14.4 Å². The van der Waals surface area contributed by atoms with Gasteiger partial charge in [-0.3, -0.25) is 14.4 Å². The minimum absolute atomic E-state index is 0.143. The summed E-state index contributed by atoms with van der Waals surface area (Å²) in [7, 11) is 0. The summed E-state index contributed by atoms with van der Waals surface area (Å²) in [4.78, 5) is 49.8. The Balaban J connectivity index is 1.85. The molecule has 0 N–H and O–H groups in total. The molecular formula is C17H15N3O3S2. The van der Waals surface area contributed by atoms with Crippen molar-refractivity contribution >= 4 is 45.4 Å². The van der Waals surface area contributed by atoms with Gasteiger partial charge in [0.1, 0.15) is 11.3 Å². The number of carbonyl (C=O) groups excluding carboxylic acids is 3. The number of nitrogens with zero attached hydrogens (tertiary/aromatic N) is 3. The summed E-state index contributed by atoms with van der Waals surface area (Å²) in [5.74, 6) is -0.622. The van der Waals surface area contributed by atoms with Crippen molar-refractivity contribution in [1.29, 1.82) is 0 Å². The van der Waals surface area contributed by atoms with E-state index in [4.69, 9.17) is 0 Å². The second-order valence-electron chi connectivity index (χ2n) is 5.44. The number of aromatic nitrogens is 3. The van der Waals surface area contributed by atoms with E-state index in [1.54, 1.807) is 0 Å². The van der Waals surface area contributed by atoms with Crippen molar-refractivity contribution in [2.45, 2.75) is 19.8 Å². The number of hydrogen-bond acceptors (Lipinski definition) is 8. The Hall–Kier alpha value is -2.19. The molecule has 1 aliphatic rings. The number of ketones is 2. The van der Waals surface area contributed by atoms with E-state index in [1.807, 2.05) is 6.92 Å². The lowest BCUT2D eigenvalue weighted by atomic mass is 9.85. The van der Waals surface area contributed by atoms with Crippen LogP contribution in [0.5, 0.6) is 0 Å². The number of hydrogen-bond donors (Lipinski definition) is 0. The highest BCUT2D eigenvalue weighted by molar-refractivity contribution is 8.14. The number of aryl methyl sites for hydroxylation is 1. The number of Topliss-reactive ketones (excluding diaryl/α,β-unsaturated/α-hetero) is 2. The van der Waals surface area contributed by atoms with Crippen LogP contribution in [0.4, 0.5) is 0 Å². The Kier molecular flexibility index (Phi) is 5.19. The zero-order valence-electron chi connectivity index (χ0n) is 13.5. The van der Waals surface area contributed by atoms with Crippen molar-refractivity contribution in [1.82, 2.24) is 15.0 Å². The van der Waals surface area contributed by atoms with E-state index in [-0.39, 0.29) is 16.7 Å². The summed E-state index contributed by atoms with van der Waals surface area (Å²) in [6.45, 7) is 5.68. The monoisotopic (exact) mass is 373 g/mol. The van der Waals surface area contributed by atoms with E-state index >= 15 is 0 Å². The lowest BCUT2D eigenvalue weighted by Crippen LogP contribution is -2.29. The molecule has 128 valence electrons. The predicted molar refractivity (Wildman–Crippen MR) is 96.8 cm³/mol. The van der Waals surface area contributed by atoms with Crippen LogP contribution in [0.3, 0.4) is 0 Å². The first kappa shape index (κ1) is 17.6. The zero-order chi connectivity index (χ0) is 18.0. The summed E-state index contributed by atoms with van der Waals surface area (Å²) in [6.07, 6.45) is 5.08. The molecule has 2 heterocycles. The van der Waals surface area contributed by atoms with Crippen molar-refractivity contribution in [3.05, 3.63) is 46.4 Å². The lowest BCUT2D eigenvalue weighted by molar-refractivity contribution is -0.106. The molecule has 0 spiro atoms. The first-order chi connectivity index (χ1) is 12.0. The highest BCUT2D eigenvalue weighted by Crippen LogP contribution is 2.34. The maximum atomic E-state index is 12.8. The largest absolute Gasteiger partial charge is 0.293 e. The summed E-state index contributed by atoms with van der Waals surface area (Å²) in [5, 5.41) is 0.315. The van der Waals surface area contributed by atoms with Crippen molar-refractivity contribution in [3.63, 3.8) is 0 Å². The van der Waals surface area contributed by atoms with Crippen LogP contribution in [0.25, 0.3) is 5.57 Å². The molecule has 0 fully saturated rings. The fourth-order valence-corrected chi connectivity index (χ4v) is 4.27. The molecule has 8 heteroatoms. The highest BCUT2D eigenvalue weighted by Gasteiger charge is 2.36. The van der Waals surface area contributed by atoms with Gasteiger partial charge in [0.05, 0.1) is 27.6 Å². The van der Waals surface area contributed by atoms with E-state index in [1.165, 1.54) is 18.7 Å².